The highest BCUT2D eigenvalue weighted by Crippen LogP contribution is 2.04. The van der Waals surface area contributed by atoms with Gasteiger partial charge in [0, 0.05) is 5.56 Å². The minimum atomic E-state index is -0.491. The minimum absolute atomic E-state index is 0.00446. The van der Waals surface area contributed by atoms with Crippen LogP contribution in [0.25, 0.3) is 5.65 Å². The normalized spacial score (nSPS) is 11.4. The predicted octanol–water partition coefficient (Wildman–Crippen LogP) is -0.493. The number of carbonyl (C=O) groups excluding carboxylic acids is 1. The van der Waals surface area contributed by atoms with Gasteiger partial charge in [0.15, 0.2) is 17.1 Å². The number of benzene rings is 1. The van der Waals surface area contributed by atoms with Crippen molar-refractivity contribution in [2.45, 2.75) is 6.54 Å². The fourth-order valence-electron chi connectivity index (χ4n) is 2.15. The lowest BCUT2D eigenvalue weighted by Gasteiger charge is -2.01. The zero-order chi connectivity index (χ0) is 17.8. The molecule has 3 rings (SSSR count). The second kappa shape index (κ2) is 6.76. The number of aromatic nitrogens is 5. The van der Waals surface area contributed by atoms with Crippen molar-refractivity contribution in [3.8, 4) is 12.3 Å². The van der Waals surface area contributed by atoms with Gasteiger partial charge in [0.2, 0.25) is 0 Å². The molecule has 9 nitrogen and oxygen atoms in total. The van der Waals surface area contributed by atoms with Gasteiger partial charge in [-0.25, -0.2) is 14.2 Å². The Bertz CT molecular complexity index is 1060. The van der Waals surface area contributed by atoms with Gasteiger partial charge in [-0.05, 0) is 0 Å². The Hall–Kier alpha value is -3.80. The van der Waals surface area contributed by atoms with Gasteiger partial charge in [-0.15, -0.1) is 11.5 Å². The van der Waals surface area contributed by atoms with Crippen molar-refractivity contribution in [1.29, 1.82) is 0 Å². The summed E-state index contributed by atoms with van der Waals surface area (Å²) in [5.74, 6) is 2.12. The second-order valence-corrected chi connectivity index (χ2v) is 5.01. The molecule has 25 heavy (non-hydrogen) atoms. The quantitative estimate of drug-likeness (QED) is 0.291. The van der Waals surface area contributed by atoms with E-state index in [0.717, 1.165) is 4.68 Å². The van der Waals surface area contributed by atoms with Gasteiger partial charge in [0.1, 0.15) is 25.3 Å². The van der Waals surface area contributed by atoms with Crippen LogP contribution in [0, 0.1) is 12.3 Å². The van der Waals surface area contributed by atoms with E-state index in [2.05, 4.69) is 26.2 Å². The Morgan fingerprint density at radius 2 is 2.08 bits per heavy atom. The molecule has 3 aromatic rings. The largest absolute Gasteiger partial charge is 0.382 e. The fourth-order valence-corrected chi connectivity index (χ4v) is 2.15. The SMILES string of the molecule is C#CCn1nnc2c(C(N)=NCC(=O)c3ccccc3)ncn2c1=O. The molecule has 0 aliphatic heterocycles. The lowest BCUT2D eigenvalue weighted by molar-refractivity contribution is 0.100. The van der Waals surface area contributed by atoms with Crippen LogP contribution in [0.3, 0.4) is 0 Å². The highest BCUT2D eigenvalue weighted by atomic mass is 16.2. The number of hydrogen-bond donors (Lipinski definition) is 1. The minimum Gasteiger partial charge on any atom is -0.382 e. The van der Waals surface area contributed by atoms with Crippen LogP contribution in [-0.4, -0.2) is 42.5 Å². The van der Waals surface area contributed by atoms with Crippen molar-refractivity contribution in [3.05, 3.63) is 58.4 Å². The third-order valence-electron chi connectivity index (χ3n) is 3.39. The molecular weight excluding hydrogens is 322 g/mol. The molecule has 0 saturated carbocycles. The monoisotopic (exact) mass is 335 g/mol. The third-order valence-corrected chi connectivity index (χ3v) is 3.39. The predicted molar refractivity (Wildman–Crippen MR) is 90.2 cm³/mol. The maximum Gasteiger partial charge on any atom is 0.353 e. The maximum absolute atomic E-state index is 12.2. The Balaban J connectivity index is 1.89. The van der Waals surface area contributed by atoms with Crippen molar-refractivity contribution >= 4 is 17.3 Å². The van der Waals surface area contributed by atoms with E-state index >= 15 is 0 Å². The summed E-state index contributed by atoms with van der Waals surface area (Å²) in [5, 5.41) is 7.63. The molecule has 2 N–H and O–H groups in total. The van der Waals surface area contributed by atoms with Crippen LogP contribution in [0.15, 0.2) is 46.4 Å². The molecule has 0 bridgehead atoms. The number of nitrogens with zero attached hydrogens (tertiary/aromatic N) is 6. The van der Waals surface area contributed by atoms with E-state index in [0.29, 0.717) is 5.56 Å². The molecule has 0 spiro atoms. The number of aliphatic imine (C=N–C) groups is 1. The van der Waals surface area contributed by atoms with Crippen molar-refractivity contribution in [2.75, 3.05) is 6.54 Å². The second-order valence-electron chi connectivity index (χ2n) is 5.01. The number of carbonyl (C=O) groups is 1. The van der Waals surface area contributed by atoms with E-state index in [1.165, 1.54) is 10.7 Å². The number of nitrogens with two attached hydrogens (primary N) is 1. The van der Waals surface area contributed by atoms with Crippen molar-refractivity contribution in [3.63, 3.8) is 0 Å². The topological polar surface area (TPSA) is 121 Å². The standard InChI is InChI=1S/C16H13N7O2/c1-2-8-23-16(25)22-10-19-13(15(22)20-21-23)14(17)18-9-12(24)11-6-4-3-5-7-11/h1,3-7,10H,8-9H2,(H2,17,18). The van der Waals surface area contributed by atoms with Crippen LogP contribution in [-0.2, 0) is 6.54 Å². The molecule has 0 atom stereocenters. The maximum atomic E-state index is 12.2. The van der Waals surface area contributed by atoms with Gasteiger partial charge in [-0.1, -0.05) is 41.5 Å². The Kier molecular flexibility index (Phi) is 4.34. The lowest BCUT2D eigenvalue weighted by atomic mass is 10.1. The van der Waals surface area contributed by atoms with E-state index < -0.39 is 5.69 Å². The van der Waals surface area contributed by atoms with E-state index in [9.17, 15) is 9.59 Å². The molecule has 1 aromatic carbocycles. The van der Waals surface area contributed by atoms with Crippen LogP contribution in [0.2, 0.25) is 0 Å². The summed E-state index contributed by atoms with van der Waals surface area (Å²) in [4.78, 5) is 32.3. The van der Waals surface area contributed by atoms with Crippen molar-refractivity contribution < 1.29 is 4.79 Å². The first-order chi connectivity index (χ1) is 12.1. The van der Waals surface area contributed by atoms with Gasteiger partial charge in [-0.3, -0.25) is 9.79 Å². The average molecular weight is 335 g/mol. The first-order valence-electron chi connectivity index (χ1n) is 7.24. The van der Waals surface area contributed by atoms with Gasteiger partial charge in [0.05, 0.1) is 0 Å². The van der Waals surface area contributed by atoms with Crippen LogP contribution >= 0.6 is 0 Å². The number of fused-ring (bicyclic) bond motifs is 1. The number of amidine groups is 1. The Morgan fingerprint density at radius 3 is 2.80 bits per heavy atom. The number of rotatable bonds is 5. The molecule has 0 amide bonds. The molecule has 0 fully saturated rings. The van der Waals surface area contributed by atoms with Gasteiger partial charge >= 0.3 is 5.69 Å². The van der Waals surface area contributed by atoms with E-state index in [-0.39, 0.29) is 36.0 Å². The van der Waals surface area contributed by atoms with Gasteiger partial charge < -0.3 is 5.73 Å². The van der Waals surface area contributed by atoms with Crippen molar-refractivity contribution in [2.24, 2.45) is 10.7 Å². The smallest absolute Gasteiger partial charge is 0.353 e. The molecule has 0 radical (unpaired) electrons. The Labute approximate surface area is 141 Å². The van der Waals surface area contributed by atoms with Crippen molar-refractivity contribution in [1.82, 2.24) is 24.4 Å². The highest BCUT2D eigenvalue weighted by molar-refractivity contribution is 6.03. The molecule has 0 aliphatic rings. The summed E-state index contributed by atoms with van der Waals surface area (Å²) in [6, 6.07) is 8.73. The summed E-state index contributed by atoms with van der Waals surface area (Å²) >= 11 is 0. The van der Waals surface area contributed by atoms with Crippen LogP contribution in [0.4, 0.5) is 0 Å². The average Bonchev–Trinajstić information content (AvgIpc) is 3.07. The Morgan fingerprint density at radius 1 is 1.32 bits per heavy atom. The molecule has 0 aliphatic carbocycles. The first-order valence-corrected chi connectivity index (χ1v) is 7.24. The fraction of sp³-hybridized carbons (Fsp3) is 0.125. The van der Waals surface area contributed by atoms with E-state index in [1.54, 1.807) is 24.3 Å². The zero-order valence-corrected chi connectivity index (χ0v) is 13.0. The summed E-state index contributed by atoms with van der Waals surface area (Å²) < 4.78 is 2.19. The van der Waals surface area contributed by atoms with Gasteiger partial charge in [-0.2, -0.15) is 4.68 Å². The number of terminal acetylenes is 1. The zero-order valence-electron chi connectivity index (χ0n) is 13.0. The van der Waals surface area contributed by atoms with Gasteiger partial charge in [0.25, 0.3) is 0 Å². The van der Waals surface area contributed by atoms with E-state index in [1.807, 2.05) is 6.07 Å². The molecule has 2 aromatic heterocycles. The molecule has 124 valence electrons. The van der Waals surface area contributed by atoms with Crippen LogP contribution in [0.5, 0.6) is 0 Å². The molecule has 0 saturated heterocycles. The molecule has 2 heterocycles. The molecule has 0 unspecified atom stereocenters. The summed E-state index contributed by atoms with van der Waals surface area (Å²) in [6.45, 7) is -0.152. The third kappa shape index (κ3) is 3.13. The molecular formula is C16H13N7O2. The molecule has 9 heteroatoms. The number of ketones is 1. The lowest BCUT2D eigenvalue weighted by Crippen LogP contribution is -2.30. The van der Waals surface area contributed by atoms with Crippen LogP contribution in [0.1, 0.15) is 16.1 Å². The van der Waals surface area contributed by atoms with Crippen LogP contribution < -0.4 is 11.4 Å². The number of imidazole rings is 1. The highest BCUT2D eigenvalue weighted by Gasteiger charge is 2.14. The van der Waals surface area contributed by atoms with E-state index in [4.69, 9.17) is 12.2 Å². The summed E-state index contributed by atoms with van der Waals surface area (Å²) in [5.41, 5.74) is 6.26. The number of hydrogen-bond acceptors (Lipinski definition) is 6. The number of Topliss-reactive ketones (excluding diaryl/α,β-unsaturated/α-hetero) is 1. The summed E-state index contributed by atoms with van der Waals surface area (Å²) in [6.07, 6.45) is 6.43. The first kappa shape index (κ1) is 16.1. The summed E-state index contributed by atoms with van der Waals surface area (Å²) in [7, 11) is 0.